The van der Waals surface area contributed by atoms with Crippen LogP contribution in [0.4, 0.5) is 0 Å². The largest absolute Gasteiger partial charge is 0.302 e. The maximum absolute atomic E-state index is 11.3. The highest BCUT2D eigenvalue weighted by Crippen LogP contribution is 2.24. The van der Waals surface area contributed by atoms with E-state index in [1.165, 1.54) is 0 Å². The zero-order valence-corrected chi connectivity index (χ0v) is 8.01. The van der Waals surface area contributed by atoms with Gasteiger partial charge in [0.2, 0.25) is 0 Å². The van der Waals surface area contributed by atoms with Gasteiger partial charge in [-0.2, -0.15) is 0 Å². The van der Waals surface area contributed by atoms with Crippen molar-refractivity contribution in [3.05, 3.63) is 0 Å². The third kappa shape index (κ3) is 2.18. The van der Waals surface area contributed by atoms with Crippen LogP contribution in [0, 0.1) is 0 Å². The molecular formula is C7H15NO3S. The van der Waals surface area contributed by atoms with E-state index in [2.05, 4.69) is 4.84 Å². The summed E-state index contributed by atoms with van der Waals surface area (Å²) < 4.78 is 22.6. The summed E-state index contributed by atoms with van der Waals surface area (Å²) in [6, 6.07) is 0. The van der Waals surface area contributed by atoms with Crippen molar-refractivity contribution in [2.45, 2.75) is 37.5 Å². The summed E-state index contributed by atoms with van der Waals surface area (Å²) in [6.45, 7) is 1.79. The molecule has 0 amide bonds. The van der Waals surface area contributed by atoms with Crippen LogP contribution in [0.1, 0.15) is 26.2 Å². The van der Waals surface area contributed by atoms with Gasteiger partial charge in [0.05, 0.1) is 17.1 Å². The third-order valence-corrected chi connectivity index (χ3v) is 4.59. The molecule has 0 spiro atoms. The molecule has 0 bridgehead atoms. The van der Waals surface area contributed by atoms with Gasteiger partial charge in [-0.25, -0.2) is 14.3 Å². The summed E-state index contributed by atoms with van der Waals surface area (Å²) in [7, 11) is -2.83. The maximum atomic E-state index is 11.3. The second-order valence-electron chi connectivity index (χ2n) is 3.31. The lowest BCUT2D eigenvalue weighted by molar-refractivity contribution is 0.0599. The maximum Gasteiger partial charge on any atom is 0.153 e. The Labute approximate surface area is 73.0 Å². The van der Waals surface area contributed by atoms with Crippen molar-refractivity contribution in [3.8, 4) is 0 Å². The Bertz CT molecular complexity index is 237. The number of nitrogens with two attached hydrogens (primary N) is 1. The number of hydrogen-bond donors (Lipinski definition) is 1. The highest BCUT2D eigenvalue weighted by molar-refractivity contribution is 7.92. The van der Waals surface area contributed by atoms with Gasteiger partial charge in [0, 0.05) is 0 Å². The third-order valence-electron chi connectivity index (χ3n) is 2.29. The molecule has 1 rings (SSSR count). The summed E-state index contributed by atoms with van der Waals surface area (Å²) >= 11 is 0. The van der Waals surface area contributed by atoms with E-state index in [-0.39, 0.29) is 11.4 Å². The fraction of sp³-hybridized carbons (Fsp3) is 1.00. The van der Waals surface area contributed by atoms with Gasteiger partial charge in [-0.05, 0) is 26.2 Å². The van der Waals surface area contributed by atoms with Gasteiger partial charge in [0.25, 0.3) is 0 Å². The van der Waals surface area contributed by atoms with Crippen LogP contribution in [0.2, 0.25) is 0 Å². The molecule has 4 nitrogen and oxygen atoms in total. The molecule has 0 aromatic carbocycles. The van der Waals surface area contributed by atoms with Crippen LogP contribution in [-0.4, -0.2) is 25.5 Å². The van der Waals surface area contributed by atoms with E-state index in [9.17, 15) is 8.42 Å². The highest BCUT2D eigenvalue weighted by atomic mass is 32.2. The Morgan fingerprint density at radius 1 is 1.67 bits per heavy atom. The molecule has 2 N–H and O–H groups in total. The molecule has 12 heavy (non-hydrogen) atoms. The molecule has 1 heterocycles. The van der Waals surface area contributed by atoms with Crippen LogP contribution in [0.15, 0.2) is 0 Å². The van der Waals surface area contributed by atoms with Crippen molar-refractivity contribution in [2.24, 2.45) is 5.90 Å². The summed E-state index contributed by atoms with van der Waals surface area (Å²) in [5.41, 5.74) is 0. The van der Waals surface area contributed by atoms with Crippen molar-refractivity contribution < 1.29 is 13.3 Å². The molecule has 0 saturated carbocycles. The first-order chi connectivity index (χ1) is 5.56. The Morgan fingerprint density at radius 2 is 2.33 bits per heavy atom. The fourth-order valence-electron chi connectivity index (χ4n) is 1.55. The molecule has 1 saturated heterocycles. The lowest BCUT2D eigenvalue weighted by Crippen LogP contribution is -2.24. The topological polar surface area (TPSA) is 69.4 Å². The van der Waals surface area contributed by atoms with Crippen LogP contribution < -0.4 is 5.90 Å². The van der Waals surface area contributed by atoms with Crippen molar-refractivity contribution >= 4 is 9.84 Å². The minimum absolute atomic E-state index is 0.164. The van der Waals surface area contributed by atoms with Gasteiger partial charge in [-0.3, -0.25) is 0 Å². The molecule has 1 aliphatic rings. The minimum Gasteiger partial charge on any atom is -0.302 e. The number of rotatable bonds is 3. The molecule has 0 radical (unpaired) electrons. The van der Waals surface area contributed by atoms with Crippen LogP contribution >= 0.6 is 0 Å². The lowest BCUT2D eigenvalue weighted by atomic mass is 10.1. The van der Waals surface area contributed by atoms with Gasteiger partial charge in [-0.1, -0.05) is 0 Å². The van der Waals surface area contributed by atoms with Crippen molar-refractivity contribution in [2.75, 3.05) is 5.75 Å². The van der Waals surface area contributed by atoms with E-state index in [1.807, 2.05) is 0 Å². The smallest absolute Gasteiger partial charge is 0.153 e. The average molecular weight is 193 g/mol. The summed E-state index contributed by atoms with van der Waals surface area (Å²) in [4.78, 5) is 4.54. The molecule has 1 fully saturated rings. The monoisotopic (exact) mass is 193 g/mol. The predicted molar refractivity (Wildman–Crippen MR) is 46.2 cm³/mol. The molecule has 2 unspecified atom stereocenters. The molecule has 5 heteroatoms. The van der Waals surface area contributed by atoms with Crippen molar-refractivity contribution in [1.82, 2.24) is 0 Å². The average Bonchev–Trinajstić information content (AvgIpc) is 2.31. The Hall–Kier alpha value is -0.130. The summed E-state index contributed by atoms with van der Waals surface area (Å²) in [5.74, 6) is 5.27. The van der Waals surface area contributed by atoms with Gasteiger partial charge in [0.1, 0.15) is 0 Å². The Morgan fingerprint density at radius 3 is 2.75 bits per heavy atom. The number of hydrogen-bond acceptors (Lipinski definition) is 4. The lowest BCUT2D eigenvalue weighted by Gasteiger charge is -2.13. The number of sulfone groups is 1. The molecular weight excluding hydrogens is 178 g/mol. The molecule has 72 valence electrons. The SMILES string of the molecule is CC(CC1CCCS1(=O)=O)ON. The van der Waals surface area contributed by atoms with E-state index < -0.39 is 9.84 Å². The first kappa shape index (κ1) is 9.95. The van der Waals surface area contributed by atoms with Gasteiger partial charge < -0.3 is 4.84 Å². The fourth-order valence-corrected chi connectivity index (χ4v) is 3.54. The zero-order valence-electron chi connectivity index (χ0n) is 7.19. The first-order valence-electron chi connectivity index (χ1n) is 4.13. The predicted octanol–water partition coefficient (Wildman–Crippen LogP) is 0.233. The second kappa shape index (κ2) is 3.72. The molecule has 1 aliphatic heterocycles. The first-order valence-corrected chi connectivity index (χ1v) is 5.85. The van der Waals surface area contributed by atoms with E-state index in [1.54, 1.807) is 6.92 Å². The van der Waals surface area contributed by atoms with Gasteiger partial charge in [0.15, 0.2) is 9.84 Å². The van der Waals surface area contributed by atoms with Crippen molar-refractivity contribution in [1.29, 1.82) is 0 Å². The van der Waals surface area contributed by atoms with Crippen LogP contribution in [0.25, 0.3) is 0 Å². The van der Waals surface area contributed by atoms with Gasteiger partial charge >= 0.3 is 0 Å². The van der Waals surface area contributed by atoms with Crippen LogP contribution in [-0.2, 0) is 14.7 Å². The molecule has 0 aromatic rings. The molecule has 0 aromatic heterocycles. The Kier molecular flexibility index (Phi) is 3.09. The quantitative estimate of drug-likeness (QED) is 0.651. The van der Waals surface area contributed by atoms with E-state index in [0.717, 1.165) is 12.8 Å². The molecule has 2 atom stereocenters. The highest BCUT2D eigenvalue weighted by Gasteiger charge is 2.32. The standard InChI is InChI=1S/C7H15NO3S/c1-6(11-8)5-7-3-2-4-12(7,9)10/h6-7H,2-5,8H2,1H3. The summed E-state index contributed by atoms with van der Waals surface area (Å²) in [5, 5.41) is -0.226. The van der Waals surface area contributed by atoms with Crippen LogP contribution in [0.5, 0.6) is 0 Å². The Balaban J connectivity index is 2.53. The van der Waals surface area contributed by atoms with Crippen molar-refractivity contribution in [3.63, 3.8) is 0 Å². The zero-order chi connectivity index (χ0) is 9.19. The molecule has 0 aliphatic carbocycles. The van der Waals surface area contributed by atoms with E-state index >= 15 is 0 Å². The summed E-state index contributed by atoms with van der Waals surface area (Å²) in [6.07, 6.45) is 1.90. The van der Waals surface area contributed by atoms with Gasteiger partial charge in [-0.15, -0.1) is 0 Å². The normalized spacial score (nSPS) is 30.3. The van der Waals surface area contributed by atoms with E-state index in [4.69, 9.17) is 5.90 Å². The van der Waals surface area contributed by atoms with Crippen LogP contribution in [0.3, 0.4) is 0 Å². The minimum atomic E-state index is -2.83. The second-order valence-corrected chi connectivity index (χ2v) is 5.71. The van der Waals surface area contributed by atoms with E-state index in [0.29, 0.717) is 12.2 Å².